The fourth-order valence-electron chi connectivity index (χ4n) is 7.05. The number of carbonyl (C=O) groups is 1. The molecule has 3 aliphatic rings. The van der Waals surface area contributed by atoms with Gasteiger partial charge in [-0.05, 0) is 83.9 Å². The summed E-state index contributed by atoms with van der Waals surface area (Å²) in [5, 5.41) is 16.2. The molecular weight excluding hydrogens is 539 g/mol. The van der Waals surface area contributed by atoms with Crippen LogP contribution >= 0.6 is 11.3 Å². The van der Waals surface area contributed by atoms with Crippen LogP contribution in [0.2, 0.25) is 0 Å². The number of carbonyl (C=O) groups excluding carboxylic acids is 1. The van der Waals surface area contributed by atoms with E-state index in [-0.39, 0.29) is 18.3 Å². The number of aliphatic hydroxyl groups excluding tert-OH is 1. The SMILES string of the molecule is COC(=O)CN1CN(C)c2c(C(O)N3CC(CN4CCC(c5ccc(F)cc5)CC4)C(c4ccsc4)C3)cccc21. The number of aliphatic hydroxyl groups is 1. The van der Waals surface area contributed by atoms with Crippen LogP contribution in [0.3, 0.4) is 0 Å². The summed E-state index contributed by atoms with van der Waals surface area (Å²) in [6, 6.07) is 15.2. The largest absolute Gasteiger partial charge is 0.468 e. The highest BCUT2D eigenvalue weighted by Crippen LogP contribution is 2.44. The Morgan fingerprint density at radius 2 is 1.88 bits per heavy atom. The molecule has 3 atom stereocenters. The van der Waals surface area contributed by atoms with Gasteiger partial charge in [-0.2, -0.15) is 11.3 Å². The van der Waals surface area contributed by atoms with E-state index >= 15 is 0 Å². The van der Waals surface area contributed by atoms with Gasteiger partial charge in [0.2, 0.25) is 0 Å². The normalized spacial score (nSPS) is 22.7. The monoisotopic (exact) mass is 578 g/mol. The Kier molecular flexibility index (Phi) is 8.30. The molecule has 41 heavy (non-hydrogen) atoms. The topological polar surface area (TPSA) is 59.5 Å². The maximum Gasteiger partial charge on any atom is 0.325 e. The molecule has 1 aromatic heterocycles. The molecule has 2 fully saturated rings. The van der Waals surface area contributed by atoms with Gasteiger partial charge in [0.25, 0.3) is 0 Å². The van der Waals surface area contributed by atoms with Crippen molar-refractivity contribution in [2.75, 3.05) is 69.9 Å². The first-order chi connectivity index (χ1) is 19.9. The zero-order chi connectivity index (χ0) is 28.5. The van der Waals surface area contributed by atoms with Crippen LogP contribution in [0, 0.1) is 11.7 Å². The van der Waals surface area contributed by atoms with Crippen molar-refractivity contribution in [1.82, 2.24) is 9.80 Å². The Bertz CT molecular complexity index is 1330. The number of benzene rings is 2. The first-order valence-electron chi connectivity index (χ1n) is 14.5. The van der Waals surface area contributed by atoms with E-state index in [1.54, 1.807) is 23.5 Å². The summed E-state index contributed by atoms with van der Waals surface area (Å²) in [5.74, 6) is 0.796. The van der Waals surface area contributed by atoms with Crippen molar-refractivity contribution in [2.45, 2.75) is 30.9 Å². The van der Waals surface area contributed by atoms with Crippen molar-refractivity contribution < 1.29 is 19.0 Å². The van der Waals surface area contributed by atoms with Gasteiger partial charge in [-0.3, -0.25) is 9.69 Å². The molecular formula is C32H39FN4O3S. The summed E-state index contributed by atoms with van der Waals surface area (Å²) in [5.41, 5.74) is 5.39. The Hall–Kier alpha value is -2.98. The zero-order valence-electron chi connectivity index (χ0n) is 23.8. The minimum Gasteiger partial charge on any atom is -0.468 e. The molecule has 9 heteroatoms. The molecule has 1 N–H and O–H groups in total. The molecule has 2 saturated heterocycles. The van der Waals surface area contributed by atoms with Crippen molar-refractivity contribution in [3.05, 3.63) is 81.8 Å². The number of rotatable bonds is 8. The van der Waals surface area contributed by atoms with E-state index in [0.717, 1.165) is 62.5 Å². The van der Waals surface area contributed by atoms with Crippen molar-refractivity contribution in [1.29, 1.82) is 0 Å². The highest BCUT2D eigenvalue weighted by atomic mass is 32.1. The van der Waals surface area contributed by atoms with Crippen molar-refractivity contribution in [2.24, 2.45) is 5.92 Å². The molecule has 0 amide bonds. The first kappa shape index (κ1) is 28.2. The van der Waals surface area contributed by atoms with Crippen LogP contribution in [-0.2, 0) is 9.53 Å². The lowest BCUT2D eigenvalue weighted by Crippen LogP contribution is -2.38. The predicted octanol–water partition coefficient (Wildman–Crippen LogP) is 4.86. The summed E-state index contributed by atoms with van der Waals surface area (Å²) < 4.78 is 18.3. The Morgan fingerprint density at radius 3 is 2.59 bits per heavy atom. The van der Waals surface area contributed by atoms with E-state index in [1.165, 1.54) is 18.2 Å². The molecule has 3 aliphatic heterocycles. The van der Waals surface area contributed by atoms with Crippen molar-refractivity contribution >= 4 is 28.7 Å². The number of fused-ring (bicyclic) bond motifs is 1. The number of methoxy groups -OCH3 is 1. The number of nitrogens with zero attached hydrogens (tertiary/aromatic N) is 4. The van der Waals surface area contributed by atoms with Gasteiger partial charge in [0.15, 0.2) is 0 Å². The standard InChI is InChI=1S/C32H39FN4O3S/c1-34-21-37(19-30(38)40-2)29-5-3-4-27(31(29)34)32(39)36-17-25(28(18-36)24-12-15-41-20-24)16-35-13-10-23(11-14-35)22-6-8-26(33)9-7-22/h3-9,12,15,20,23,25,28,32,39H,10-11,13-14,16-19,21H2,1-2H3. The molecule has 0 aliphatic carbocycles. The number of piperidine rings is 1. The molecule has 0 saturated carbocycles. The lowest BCUT2D eigenvalue weighted by molar-refractivity contribution is -0.138. The Balaban J connectivity index is 1.16. The number of likely N-dealkylation sites (tertiary alicyclic amines) is 2. The third-order valence-corrected chi connectivity index (χ3v) is 9.89. The van der Waals surface area contributed by atoms with E-state index in [9.17, 15) is 14.3 Å². The minimum atomic E-state index is -0.735. The highest BCUT2D eigenvalue weighted by Gasteiger charge is 2.40. The van der Waals surface area contributed by atoms with Gasteiger partial charge < -0.3 is 24.5 Å². The quantitative estimate of drug-likeness (QED) is 0.383. The van der Waals surface area contributed by atoms with E-state index < -0.39 is 6.23 Å². The zero-order valence-corrected chi connectivity index (χ0v) is 24.6. The molecule has 218 valence electrons. The molecule has 2 aromatic carbocycles. The van der Waals surface area contributed by atoms with Gasteiger partial charge >= 0.3 is 5.97 Å². The predicted molar refractivity (Wildman–Crippen MR) is 161 cm³/mol. The van der Waals surface area contributed by atoms with Crippen molar-refractivity contribution in [3.8, 4) is 0 Å². The van der Waals surface area contributed by atoms with Gasteiger partial charge in [-0.25, -0.2) is 4.39 Å². The highest BCUT2D eigenvalue weighted by molar-refractivity contribution is 7.08. The molecule has 4 heterocycles. The molecule has 0 bridgehead atoms. The maximum absolute atomic E-state index is 13.4. The van der Waals surface area contributed by atoms with Crippen LogP contribution in [-0.4, -0.2) is 81.0 Å². The number of esters is 1. The summed E-state index contributed by atoms with van der Waals surface area (Å²) in [4.78, 5) is 20.9. The number of hydrogen-bond acceptors (Lipinski definition) is 8. The molecule has 3 unspecified atom stereocenters. The van der Waals surface area contributed by atoms with Crippen LogP contribution in [0.1, 0.15) is 47.6 Å². The second-order valence-electron chi connectivity index (χ2n) is 11.7. The molecule has 7 nitrogen and oxygen atoms in total. The lowest BCUT2D eigenvalue weighted by atomic mass is 9.87. The summed E-state index contributed by atoms with van der Waals surface area (Å²) >= 11 is 1.73. The van der Waals surface area contributed by atoms with Crippen LogP contribution in [0.5, 0.6) is 0 Å². The fraction of sp³-hybridized carbons (Fsp3) is 0.469. The second-order valence-corrected chi connectivity index (χ2v) is 12.5. The van der Waals surface area contributed by atoms with Crippen molar-refractivity contribution in [3.63, 3.8) is 0 Å². The van der Waals surface area contributed by atoms with Gasteiger partial charge in [-0.1, -0.05) is 24.3 Å². The Morgan fingerprint density at radius 1 is 1.10 bits per heavy atom. The number of thiophene rings is 1. The number of halogens is 1. The maximum atomic E-state index is 13.4. The fourth-order valence-corrected chi connectivity index (χ4v) is 7.78. The summed E-state index contributed by atoms with van der Waals surface area (Å²) in [6.45, 7) is 5.43. The van der Waals surface area contributed by atoms with E-state index in [0.29, 0.717) is 24.4 Å². The van der Waals surface area contributed by atoms with Crippen LogP contribution in [0.25, 0.3) is 0 Å². The third-order valence-electron chi connectivity index (χ3n) is 9.19. The summed E-state index contributed by atoms with van der Waals surface area (Å²) in [7, 11) is 3.41. The Labute approximate surface area is 245 Å². The van der Waals surface area contributed by atoms with Gasteiger partial charge in [-0.15, -0.1) is 0 Å². The van der Waals surface area contributed by atoms with Gasteiger partial charge in [0.05, 0.1) is 25.2 Å². The lowest BCUT2D eigenvalue weighted by Gasteiger charge is -2.35. The second kappa shape index (κ2) is 12.1. The number of anilines is 2. The number of hydrogen-bond donors (Lipinski definition) is 1. The number of para-hydroxylation sites is 1. The molecule has 0 radical (unpaired) electrons. The van der Waals surface area contributed by atoms with E-state index in [1.807, 2.05) is 42.3 Å². The third kappa shape index (κ3) is 5.86. The van der Waals surface area contributed by atoms with E-state index in [2.05, 4.69) is 31.5 Å². The van der Waals surface area contributed by atoms with Gasteiger partial charge in [0.1, 0.15) is 18.6 Å². The van der Waals surface area contributed by atoms with Crippen LogP contribution in [0.4, 0.5) is 15.8 Å². The van der Waals surface area contributed by atoms with Gasteiger partial charge in [0, 0.05) is 38.2 Å². The minimum absolute atomic E-state index is 0.177. The summed E-state index contributed by atoms with van der Waals surface area (Å²) in [6.07, 6.45) is 1.43. The molecule has 6 rings (SSSR count). The average molecular weight is 579 g/mol. The molecule has 0 spiro atoms. The smallest absolute Gasteiger partial charge is 0.325 e. The first-order valence-corrected chi connectivity index (χ1v) is 15.4. The van der Waals surface area contributed by atoms with E-state index in [4.69, 9.17) is 4.74 Å². The van der Waals surface area contributed by atoms with Crippen LogP contribution in [0.15, 0.2) is 59.3 Å². The average Bonchev–Trinajstić information content (AvgIpc) is 3.73. The van der Waals surface area contributed by atoms with Crippen LogP contribution < -0.4 is 9.80 Å². The molecule has 3 aromatic rings. The number of ether oxygens (including phenoxy) is 1.